The van der Waals surface area contributed by atoms with Gasteiger partial charge in [0.1, 0.15) is 0 Å². The van der Waals surface area contributed by atoms with Gasteiger partial charge in [0.05, 0.1) is 5.60 Å². The van der Waals surface area contributed by atoms with E-state index < -0.39 is 5.60 Å². The molecule has 1 amide bonds. The van der Waals surface area contributed by atoms with Gasteiger partial charge in [-0.25, -0.2) is 0 Å². The van der Waals surface area contributed by atoms with Crippen LogP contribution in [0.4, 0.5) is 0 Å². The van der Waals surface area contributed by atoms with Crippen LogP contribution in [-0.2, 0) is 11.2 Å². The van der Waals surface area contributed by atoms with Gasteiger partial charge >= 0.3 is 0 Å². The van der Waals surface area contributed by atoms with E-state index in [0.29, 0.717) is 13.0 Å². The molecule has 0 bridgehead atoms. The van der Waals surface area contributed by atoms with Crippen LogP contribution < -0.4 is 5.32 Å². The Bertz CT molecular complexity index is 396. The predicted octanol–water partition coefficient (Wildman–Crippen LogP) is 1.90. The molecule has 0 spiro atoms. The van der Waals surface area contributed by atoms with Crippen LogP contribution in [0.25, 0.3) is 0 Å². The lowest BCUT2D eigenvalue weighted by Crippen LogP contribution is -2.41. The zero-order valence-corrected chi connectivity index (χ0v) is 10.9. The van der Waals surface area contributed by atoms with E-state index >= 15 is 0 Å². The predicted molar refractivity (Wildman–Crippen MR) is 71.1 cm³/mol. The summed E-state index contributed by atoms with van der Waals surface area (Å²) in [6.07, 6.45) is 3.48. The molecule has 1 fully saturated rings. The Labute approximate surface area is 108 Å². The molecule has 3 nitrogen and oxygen atoms in total. The van der Waals surface area contributed by atoms with Crippen molar-refractivity contribution in [3.63, 3.8) is 0 Å². The number of amides is 1. The number of carbonyl (C=O) groups is 1. The molecule has 1 aliphatic carbocycles. The van der Waals surface area contributed by atoms with Crippen LogP contribution in [0.1, 0.15) is 31.7 Å². The first kappa shape index (κ1) is 13.1. The fraction of sp³-hybridized carbons (Fsp3) is 0.533. The number of hydrogen-bond acceptors (Lipinski definition) is 2. The normalized spacial score (nSPS) is 18.1. The molecule has 2 rings (SSSR count). The number of hydrogen-bond donors (Lipinski definition) is 2. The molecule has 1 atom stereocenters. The minimum Gasteiger partial charge on any atom is -0.388 e. The average Bonchev–Trinajstić information content (AvgIpc) is 3.19. The highest BCUT2D eigenvalue weighted by Crippen LogP contribution is 2.28. The molecule has 1 aromatic carbocycles. The Morgan fingerprint density at radius 3 is 2.67 bits per heavy atom. The number of aliphatic hydroxyl groups is 1. The largest absolute Gasteiger partial charge is 0.388 e. The van der Waals surface area contributed by atoms with Crippen molar-refractivity contribution in [3.05, 3.63) is 35.9 Å². The summed E-state index contributed by atoms with van der Waals surface area (Å²) in [5.74, 6) is 0.296. The Morgan fingerprint density at radius 1 is 1.39 bits per heavy atom. The molecular formula is C15H21NO2. The summed E-state index contributed by atoms with van der Waals surface area (Å²) in [5.41, 5.74) is 0.381. The third-order valence-electron chi connectivity index (χ3n) is 3.39. The molecule has 2 N–H and O–H groups in total. The van der Waals surface area contributed by atoms with Gasteiger partial charge in [-0.05, 0) is 38.2 Å². The first-order valence-corrected chi connectivity index (χ1v) is 6.61. The fourth-order valence-electron chi connectivity index (χ4n) is 1.91. The van der Waals surface area contributed by atoms with Gasteiger partial charge in [-0.2, -0.15) is 0 Å². The lowest BCUT2D eigenvalue weighted by Gasteiger charge is -2.23. The topological polar surface area (TPSA) is 49.3 Å². The standard InChI is InChI=1S/C15H21NO2/c1-15(18,11-16-14(17)13-7-8-13)10-9-12-5-3-2-4-6-12/h2-6,13,18H,7-11H2,1H3,(H,16,17)/t15-/m1/s1. The van der Waals surface area contributed by atoms with Crippen LogP contribution in [0.3, 0.4) is 0 Å². The molecule has 1 saturated carbocycles. The molecule has 0 radical (unpaired) electrons. The molecule has 0 aliphatic heterocycles. The third-order valence-corrected chi connectivity index (χ3v) is 3.39. The van der Waals surface area contributed by atoms with E-state index in [0.717, 1.165) is 19.3 Å². The summed E-state index contributed by atoms with van der Waals surface area (Å²) in [7, 11) is 0. The van der Waals surface area contributed by atoms with E-state index in [9.17, 15) is 9.90 Å². The van der Waals surface area contributed by atoms with E-state index in [1.165, 1.54) is 5.56 Å². The SMILES string of the molecule is C[C@@](O)(CCc1ccccc1)CNC(=O)C1CC1. The molecule has 0 aromatic heterocycles. The van der Waals surface area contributed by atoms with E-state index in [2.05, 4.69) is 17.4 Å². The number of rotatable bonds is 6. The van der Waals surface area contributed by atoms with Gasteiger partial charge in [0.15, 0.2) is 0 Å². The molecule has 0 unspecified atom stereocenters. The maximum absolute atomic E-state index is 11.5. The summed E-state index contributed by atoms with van der Waals surface area (Å²) in [6, 6.07) is 10.1. The monoisotopic (exact) mass is 247 g/mol. The number of benzene rings is 1. The smallest absolute Gasteiger partial charge is 0.223 e. The highest BCUT2D eigenvalue weighted by atomic mass is 16.3. The Kier molecular flexibility index (Phi) is 4.02. The molecule has 3 heteroatoms. The van der Waals surface area contributed by atoms with Crippen LogP contribution in [-0.4, -0.2) is 23.2 Å². The van der Waals surface area contributed by atoms with Crippen molar-refractivity contribution in [2.24, 2.45) is 5.92 Å². The lowest BCUT2D eigenvalue weighted by molar-refractivity contribution is -0.123. The van der Waals surface area contributed by atoms with Crippen molar-refractivity contribution < 1.29 is 9.90 Å². The highest BCUT2D eigenvalue weighted by Gasteiger charge is 2.31. The van der Waals surface area contributed by atoms with Crippen molar-refractivity contribution >= 4 is 5.91 Å². The van der Waals surface area contributed by atoms with Gasteiger partial charge in [-0.1, -0.05) is 30.3 Å². The lowest BCUT2D eigenvalue weighted by atomic mass is 9.96. The molecule has 18 heavy (non-hydrogen) atoms. The summed E-state index contributed by atoms with van der Waals surface area (Å²) in [6.45, 7) is 2.12. The Hall–Kier alpha value is -1.35. The first-order valence-electron chi connectivity index (χ1n) is 6.61. The highest BCUT2D eigenvalue weighted by molar-refractivity contribution is 5.80. The second-order valence-electron chi connectivity index (χ2n) is 5.47. The molecule has 1 aromatic rings. The van der Waals surface area contributed by atoms with Gasteiger partial charge in [0, 0.05) is 12.5 Å². The maximum atomic E-state index is 11.5. The van der Waals surface area contributed by atoms with Gasteiger partial charge in [0.2, 0.25) is 5.91 Å². The van der Waals surface area contributed by atoms with Gasteiger partial charge in [-0.3, -0.25) is 4.79 Å². The zero-order chi connectivity index (χ0) is 13.0. The summed E-state index contributed by atoms with van der Waals surface area (Å²) >= 11 is 0. The molecule has 0 saturated heterocycles. The van der Waals surface area contributed by atoms with Crippen LogP contribution in [0.15, 0.2) is 30.3 Å². The van der Waals surface area contributed by atoms with E-state index in [4.69, 9.17) is 0 Å². The van der Waals surface area contributed by atoms with Crippen LogP contribution >= 0.6 is 0 Å². The second kappa shape index (κ2) is 5.53. The van der Waals surface area contributed by atoms with Crippen LogP contribution in [0.5, 0.6) is 0 Å². The average molecular weight is 247 g/mol. The summed E-state index contributed by atoms with van der Waals surface area (Å²) in [5, 5.41) is 13.0. The van der Waals surface area contributed by atoms with Crippen LogP contribution in [0.2, 0.25) is 0 Å². The molecular weight excluding hydrogens is 226 g/mol. The zero-order valence-electron chi connectivity index (χ0n) is 10.9. The minimum absolute atomic E-state index is 0.0926. The second-order valence-corrected chi connectivity index (χ2v) is 5.47. The van der Waals surface area contributed by atoms with Crippen molar-refractivity contribution in [2.45, 2.75) is 38.2 Å². The van der Waals surface area contributed by atoms with Crippen molar-refractivity contribution in [1.29, 1.82) is 0 Å². The van der Waals surface area contributed by atoms with Gasteiger partial charge in [0.25, 0.3) is 0 Å². The molecule has 0 heterocycles. The number of aryl methyl sites for hydroxylation is 1. The van der Waals surface area contributed by atoms with E-state index in [-0.39, 0.29) is 11.8 Å². The Balaban J connectivity index is 1.74. The number of carbonyl (C=O) groups excluding carboxylic acids is 1. The summed E-state index contributed by atoms with van der Waals surface area (Å²) in [4.78, 5) is 11.5. The summed E-state index contributed by atoms with van der Waals surface area (Å²) < 4.78 is 0. The van der Waals surface area contributed by atoms with Crippen LogP contribution in [0, 0.1) is 5.92 Å². The van der Waals surface area contributed by atoms with Crippen molar-refractivity contribution in [2.75, 3.05) is 6.54 Å². The van der Waals surface area contributed by atoms with Gasteiger partial charge in [-0.15, -0.1) is 0 Å². The van der Waals surface area contributed by atoms with Gasteiger partial charge < -0.3 is 10.4 Å². The maximum Gasteiger partial charge on any atom is 0.223 e. The third kappa shape index (κ3) is 4.15. The van der Waals surface area contributed by atoms with E-state index in [1.807, 2.05) is 18.2 Å². The van der Waals surface area contributed by atoms with E-state index in [1.54, 1.807) is 6.92 Å². The first-order chi connectivity index (χ1) is 8.57. The fourth-order valence-corrected chi connectivity index (χ4v) is 1.91. The minimum atomic E-state index is -0.833. The number of nitrogens with one attached hydrogen (secondary N) is 1. The quantitative estimate of drug-likeness (QED) is 0.806. The van der Waals surface area contributed by atoms with Crippen molar-refractivity contribution in [3.8, 4) is 0 Å². The Morgan fingerprint density at radius 2 is 2.06 bits per heavy atom. The molecule has 98 valence electrons. The van der Waals surface area contributed by atoms with Crippen molar-refractivity contribution in [1.82, 2.24) is 5.32 Å². The molecule has 1 aliphatic rings.